The van der Waals surface area contributed by atoms with Gasteiger partial charge < -0.3 is 16.0 Å². The van der Waals surface area contributed by atoms with Gasteiger partial charge in [-0.2, -0.15) is 0 Å². The summed E-state index contributed by atoms with van der Waals surface area (Å²) >= 11 is 0. The van der Waals surface area contributed by atoms with Crippen LogP contribution in [0.4, 0.5) is 5.69 Å². The van der Waals surface area contributed by atoms with Gasteiger partial charge in [0, 0.05) is 31.1 Å². The number of benzene rings is 1. The van der Waals surface area contributed by atoms with Crippen molar-refractivity contribution in [1.29, 1.82) is 0 Å². The van der Waals surface area contributed by atoms with E-state index in [2.05, 4.69) is 16.0 Å². The van der Waals surface area contributed by atoms with E-state index in [9.17, 15) is 9.59 Å². The number of rotatable bonds is 3. The molecule has 2 atom stereocenters. The molecule has 0 aliphatic carbocycles. The van der Waals surface area contributed by atoms with Crippen molar-refractivity contribution in [2.45, 2.75) is 31.3 Å². The first-order valence-electron chi connectivity index (χ1n) is 6.64. The molecule has 0 radical (unpaired) electrons. The quantitative estimate of drug-likeness (QED) is 0.736. The van der Waals surface area contributed by atoms with E-state index in [0.717, 1.165) is 18.5 Å². The maximum atomic E-state index is 12.1. The average molecular weight is 259 g/mol. The third kappa shape index (κ3) is 2.54. The van der Waals surface area contributed by atoms with Crippen LogP contribution in [0.25, 0.3) is 0 Å². The number of hydrogen-bond acceptors (Lipinski definition) is 3. The van der Waals surface area contributed by atoms with Crippen LogP contribution in [0.3, 0.4) is 0 Å². The SMILES string of the molecule is O=C1CCC(CNC(=O)C2Cc3ccccc3N2)N1. The smallest absolute Gasteiger partial charge is 0.242 e. The normalized spacial score (nSPS) is 24.5. The van der Waals surface area contributed by atoms with Crippen LogP contribution in [0, 0.1) is 0 Å². The molecule has 1 fully saturated rings. The van der Waals surface area contributed by atoms with Crippen molar-refractivity contribution in [1.82, 2.24) is 10.6 Å². The Kier molecular flexibility index (Phi) is 3.11. The van der Waals surface area contributed by atoms with E-state index in [1.54, 1.807) is 0 Å². The monoisotopic (exact) mass is 259 g/mol. The molecule has 1 aromatic rings. The molecule has 3 N–H and O–H groups in total. The molecular weight excluding hydrogens is 242 g/mol. The standard InChI is InChI=1S/C14H17N3O2/c18-13-6-5-10(16-13)8-15-14(19)12-7-9-3-1-2-4-11(9)17-12/h1-4,10,12,17H,5-8H2,(H,15,19)(H,16,18). The highest BCUT2D eigenvalue weighted by Crippen LogP contribution is 2.25. The minimum Gasteiger partial charge on any atom is -0.373 e. The fourth-order valence-corrected chi connectivity index (χ4v) is 2.63. The topological polar surface area (TPSA) is 70.2 Å². The van der Waals surface area contributed by atoms with Crippen molar-refractivity contribution in [3.63, 3.8) is 0 Å². The Balaban J connectivity index is 1.51. The van der Waals surface area contributed by atoms with E-state index in [0.29, 0.717) is 13.0 Å². The fourth-order valence-electron chi connectivity index (χ4n) is 2.63. The van der Waals surface area contributed by atoms with Gasteiger partial charge in [-0.05, 0) is 18.1 Å². The third-order valence-corrected chi connectivity index (χ3v) is 3.70. The highest BCUT2D eigenvalue weighted by molar-refractivity contribution is 5.87. The van der Waals surface area contributed by atoms with Crippen LogP contribution in [0.2, 0.25) is 0 Å². The molecule has 0 spiro atoms. The molecule has 2 unspecified atom stereocenters. The lowest BCUT2D eigenvalue weighted by molar-refractivity contribution is -0.122. The second-order valence-corrected chi connectivity index (χ2v) is 5.11. The number of carbonyl (C=O) groups is 2. The Morgan fingerprint density at radius 2 is 2.16 bits per heavy atom. The molecule has 0 bridgehead atoms. The van der Waals surface area contributed by atoms with Gasteiger partial charge >= 0.3 is 0 Å². The maximum Gasteiger partial charge on any atom is 0.242 e. The van der Waals surface area contributed by atoms with Crippen LogP contribution < -0.4 is 16.0 Å². The van der Waals surface area contributed by atoms with E-state index < -0.39 is 0 Å². The first-order valence-corrected chi connectivity index (χ1v) is 6.64. The van der Waals surface area contributed by atoms with Crippen molar-refractivity contribution < 1.29 is 9.59 Å². The number of carbonyl (C=O) groups excluding carboxylic acids is 2. The molecular formula is C14H17N3O2. The van der Waals surface area contributed by atoms with Crippen molar-refractivity contribution in [3.8, 4) is 0 Å². The lowest BCUT2D eigenvalue weighted by Crippen LogP contribution is -2.44. The molecule has 1 saturated heterocycles. The Morgan fingerprint density at radius 1 is 1.32 bits per heavy atom. The lowest BCUT2D eigenvalue weighted by Gasteiger charge is -2.15. The predicted octanol–water partition coefficient (Wildman–Crippen LogP) is 0.418. The van der Waals surface area contributed by atoms with Gasteiger partial charge in [-0.3, -0.25) is 9.59 Å². The second-order valence-electron chi connectivity index (χ2n) is 5.11. The van der Waals surface area contributed by atoms with Crippen LogP contribution in [0.1, 0.15) is 18.4 Å². The third-order valence-electron chi connectivity index (χ3n) is 3.70. The number of nitrogens with one attached hydrogen (secondary N) is 3. The van der Waals surface area contributed by atoms with Crippen LogP contribution >= 0.6 is 0 Å². The molecule has 5 nitrogen and oxygen atoms in total. The molecule has 2 amide bonds. The summed E-state index contributed by atoms with van der Waals surface area (Å²) in [6, 6.07) is 7.84. The van der Waals surface area contributed by atoms with E-state index in [1.807, 2.05) is 24.3 Å². The van der Waals surface area contributed by atoms with Gasteiger partial charge in [-0.1, -0.05) is 18.2 Å². The van der Waals surface area contributed by atoms with Crippen LogP contribution in [0.15, 0.2) is 24.3 Å². The van der Waals surface area contributed by atoms with Gasteiger partial charge in [-0.25, -0.2) is 0 Å². The minimum absolute atomic E-state index is 0.00245. The molecule has 5 heteroatoms. The van der Waals surface area contributed by atoms with Crippen LogP contribution in [0.5, 0.6) is 0 Å². The number of anilines is 1. The number of amides is 2. The molecule has 2 aliphatic rings. The average Bonchev–Trinajstić information content (AvgIpc) is 3.01. The number of fused-ring (bicyclic) bond motifs is 1. The Morgan fingerprint density at radius 3 is 2.89 bits per heavy atom. The van der Waals surface area contributed by atoms with Gasteiger partial charge in [-0.15, -0.1) is 0 Å². The highest BCUT2D eigenvalue weighted by atomic mass is 16.2. The predicted molar refractivity (Wildman–Crippen MR) is 71.7 cm³/mol. The molecule has 2 aliphatic heterocycles. The van der Waals surface area contributed by atoms with Gasteiger partial charge in [0.1, 0.15) is 6.04 Å². The van der Waals surface area contributed by atoms with Crippen LogP contribution in [-0.4, -0.2) is 30.4 Å². The van der Waals surface area contributed by atoms with Gasteiger partial charge in [0.05, 0.1) is 0 Å². The summed E-state index contributed by atoms with van der Waals surface area (Å²) in [6.07, 6.45) is 2.09. The van der Waals surface area contributed by atoms with Gasteiger partial charge in [0.2, 0.25) is 11.8 Å². The largest absolute Gasteiger partial charge is 0.373 e. The summed E-state index contributed by atoms with van der Waals surface area (Å²) in [5.74, 6) is 0.0722. The van der Waals surface area contributed by atoms with E-state index in [4.69, 9.17) is 0 Å². The zero-order valence-corrected chi connectivity index (χ0v) is 10.6. The zero-order valence-electron chi connectivity index (χ0n) is 10.6. The van der Waals surface area contributed by atoms with Gasteiger partial charge in [0.15, 0.2) is 0 Å². The molecule has 19 heavy (non-hydrogen) atoms. The van der Waals surface area contributed by atoms with E-state index >= 15 is 0 Å². The molecule has 1 aromatic carbocycles. The Labute approximate surface area is 111 Å². The Bertz CT molecular complexity index is 490. The van der Waals surface area contributed by atoms with Crippen molar-refractivity contribution in [3.05, 3.63) is 29.8 Å². The zero-order chi connectivity index (χ0) is 13.2. The van der Waals surface area contributed by atoms with E-state index in [-0.39, 0.29) is 23.9 Å². The van der Waals surface area contributed by atoms with Crippen molar-refractivity contribution >= 4 is 17.5 Å². The summed E-state index contributed by atoms with van der Waals surface area (Å²) in [6.45, 7) is 0.513. The maximum absolute atomic E-state index is 12.1. The summed E-state index contributed by atoms with van der Waals surface area (Å²) in [5, 5.41) is 8.97. The minimum atomic E-state index is -0.200. The van der Waals surface area contributed by atoms with Crippen molar-refractivity contribution in [2.75, 3.05) is 11.9 Å². The lowest BCUT2D eigenvalue weighted by atomic mass is 10.1. The number of hydrogen-bond donors (Lipinski definition) is 3. The second kappa shape index (κ2) is 4.91. The molecule has 0 aromatic heterocycles. The van der Waals surface area contributed by atoms with E-state index in [1.165, 1.54) is 5.56 Å². The summed E-state index contributed by atoms with van der Waals surface area (Å²) in [5.41, 5.74) is 2.22. The molecule has 2 heterocycles. The fraction of sp³-hybridized carbons (Fsp3) is 0.429. The molecule has 0 saturated carbocycles. The highest BCUT2D eigenvalue weighted by Gasteiger charge is 2.27. The van der Waals surface area contributed by atoms with Gasteiger partial charge in [0.25, 0.3) is 0 Å². The summed E-state index contributed by atoms with van der Waals surface area (Å²) < 4.78 is 0. The summed E-state index contributed by atoms with van der Waals surface area (Å²) in [7, 11) is 0. The van der Waals surface area contributed by atoms with Crippen LogP contribution in [-0.2, 0) is 16.0 Å². The first kappa shape index (κ1) is 12.0. The van der Waals surface area contributed by atoms with Crippen molar-refractivity contribution in [2.24, 2.45) is 0 Å². The first-order chi connectivity index (χ1) is 9.22. The number of para-hydroxylation sites is 1. The molecule has 3 rings (SSSR count). The summed E-state index contributed by atoms with van der Waals surface area (Å²) in [4.78, 5) is 23.1. The Hall–Kier alpha value is -2.04. The molecule has 100 valence electrons.